The molecule has 1 N–H and O–H groups in total. The van der Waals surface area contributed by atoms with Gasteiger partial charge in [-0.05, 0) is 49.7 Å². The molecule has 35 heavy (non-hydrogen) atoms. The van der Waals surface area contributed by atoms with Crippen LogP contribution in [0.2, 0.25) is 0 Å². The fourth-order valence-electron chi connectivity index (χ4n) is 3.00. The van der Waals surface area contributed by atoms with E-state index < -0.39 is 15.8 Å². The van der Waals surface area contributed by atoms with Crippen molar-refractivity contribution in [2.75, 3.05) is 17.7 Å². The van der Waals surface area contributed by atoms with Crippen molar-refractivity contribution in [1.29, 1.82) is 0 Å². The highest BCUT2D eigenvalue weighted by Crippen LogP contribution is 2.20. The Bertz CT molecular complexity index is 1270. The van der Waals surface area contributed by atoms with Gasteiger partial charge in [-0.25, -0.2) is 13.2 Å². The molecule has 1 heterocycles. The molecule has 3 rings (SSSR count). The van der Waals surface area contributed by atoms with Gasteiger partial charge in [0.15, 0.2) is 15.0 Å². The smallest absolute Gasteiger partial charge is 0.338 e. The van der Waals surface area contributed by atoms with Gasteiger partial charge in [0.1, 0.15) is 11.6 Å². The highest BCUT2D eigenvalue weighted by Gasteiger charge is 2.20. The molecular weight excluding hydrogens is 488 g/mol. The van der Waals surface area contributed by atoms with Gasteiger partial charge in [-0.3, -0.25) is 4.79 Å². The minimum absolute atomic E-state index is 0.0531. The summed E-state index contributed by atoms with van der Waals surface area (Å²) in [6.45, 7) is 4.29. The van der Waals surface area contributed by atoms with E-state index in [-0.39, 0.29) is 28.1 Å². The van der Waals surface area contributed by atoms with E-state index >= 15 is 0 Å². The first-order chi connectivity index (χ1) is 16.7. The van der Waals surface area contributed by atoms with Crippen LogP contribution >= 0.6 is 11.8 Å². The molecule has 0 aliphatic carbocycles. The Hall–Kier alpha value is -3.18. The Morgan fingerprint density at radius 3 is 2.40 bits per heavy atom. The first-order valence-corrected chi connectivity index (χ1v) is 13.7. The first kappa shape index (κ1) is 26.4. The second-order valence-electron chi connectivity index (χ2n) is 7.93. The third kappa shape index (κ3) is 7.40. The molecule has 0 radical (unpaired) electrons. The molecular formula is C24H28N4O5S2. The monoisotopic (exact) mass is 516 g/mol. The summed E-state index contributed by atoms with van der Waals surface area (Å²) in [4.78, 5) is 24.5. The van der Waals surface area contributed by atoms with E-state index in [4.69, 9.17) is 4.74 Å². The number of rotatable bonds is 11. The molecule has 0 atom stereocenters. The van der Waals surface area contributed by atoms with Crippen molar-refractivity contribution < 1.29 is 22.7 Å². The molecule has 1 amide bonds. The molecule has 0 aliphatic rings. The Kier molecular flexibility index (Phi) is 9.05. The number of hydrogen-bond donors (Lipinski definition) is 1. The number of carbonyl (C=O) groups excluding carboxylic acids is 2. The number of nitrogens with zero attached hydrogens (tertiary/aromatic N) is 3. The lowest BCUT2D eigenvalue weighted by Gasteiger charge is -2.08. The minimum atomic E-state index is -3.57. The van der Waals surface area contributed by atoms with Crippen LogP contribution in [0.25, 0.3) is 0 Å². The van der Waals surface area contributed by atoms with Crippen molar-refractivity contribution in [3.8, 4) is 0 Å². The SMILES string of the molecule is CCCCOC(=O)c1ccc(NC(=O)CSc2nnc(CS(=O)(=O)c3ccc(C)cc3)n2C)cc1. The summed E-state index contributed by atoms with van der Waals surface area (Å²) < 4.78 is 32.1. The van der Waals surface area contributed by atoms with Crippen molar-refractivity contribution in [3.63, 3.8) is 0 Å². The summed E-state index contributed by atoms with van der Waals surface area (Å²) in [5.41, 5.74) is 1.93. The number of hydrogen-bond acceptors (Lipinski definition) is 8. The van der Waals surface area contributed by atoms with Crippen LogP contribution in [0.3, 0.4) is 0 Å². The van der Waals surface area contributed by atoms with Gasteiger partial charge in [-0.1, -0.05) is 42.8 Å². The number of sulfone groups is 1. The van der Waals surface area contributed by atoms with Gasteiger partial charge < -0.3 is 14.6 Å². The van der Waals surface area contributed by atoms with Gasteiger partial charge >= 0.3 is 5.97 Å². The van der Waals surface area contributed by atoms with Gasteiger partial charge in [-0.15, -0.1) is 10.2 Å². The van der Waals surface area contributed by atoms with Crippen molar-refractivity contribution >= 4 is 39.2 Å². The van der Waals surface area contributed by atoms with Crippen LogP contribution in [0.5, 0.6) is 0 Å². The van der Waals surface area contributed by atoms with E-state index in [0.717, 1.165) is 30.2 Å². The van der Waals surface area contributed by atoms with Gasteiger partial charge in [-0.2, -0.15) is 0 Å². The van der Waals surface area contributed by atoms with Crippen LogP contribution in [0.1, 0.15) is 41.5 Å². The lowest BCUT2D eigenvalue weighted by molar-refractivity contribution is -0.113. The average Bonchev–Trinajstić information content (AvgIpc) is 3.17. The molecule has 11 heteroatoms. The molecule has 0 saturated heterocycles. The number of nitrogens with one attached hydrogen (secondary N) is 1. The van der Waals surface area contributed by atoms with Gasteiger partial charge in [0.05, 0.1) is 22.8 Å². The molecule has 0 bridgehead atoms. The van der Waals surface area contributed by atoms with Crippen LogP contribution in [0.15, 0.2) is 58.6 Å². The normalized spacial score (nSPS) is 11.3. The second kappa shape index (κ2) is 12.0. The van der Waals surface area contributed by atoms with Crippen molar-refractivity contribution in [2.45, 2.75) is 42.5 Å². The van der Waals surface area contributed by atoms with Gasteiger partial charge in [0.25, 0.3) is 0 Å². The maximum absolute atomic E-state index is 12.7. The largest absolute Gasteiger partial charge is 0.462 e. The standard InChI is InChI=1S/C24H28N4O5S2/c1-4-5-14-33-23(30)18-8-10-19(11-9-18)25-22(29)15-34-24-27-26-21(28(24)3)16-35(31,32)20-12-6-17(2)7-13-20/h6-13H,4-5,14-16H2,1-3H3,(H,25,29). The number of carbonyl (C=O) groups is 2. The zero-order chi connectivity index (χ0) is 25.4. The third-order valence-electron chi connectivity index (χ3n) is 5.09. The van der Waals surface area contributed by atoms with Crippen molar-refractivity contribution in [1.82, 2.24) is 14.8 Å². The molecule has 0 aliphatic heterocycles. The molecule has 186 valence electrons. The Morgan fingerprint density at radius 2 is 1.74 bits per heavy atom. The zero-order valence-electron chi connectivity index (χ0n) is 19.9. The number of anilines is 1. The van der Waals surface area contributed by atoms with Crippen LogP contribution in [0.4, 0.5) is 5.69 Å². The number of ether oxygens (including phenoxy) is 1. The highest BCUT2D eigenvalue weighted by molar-refractivity contribution is 7.99. The Morgan fingerprint density at radius 1 is 1.06 bits per heavy atom. The Balaban J connectivity index is 1.53. The summed E-state index contributed by atoms with van der Waals surface area (Å²) in [5.74, 6) is -0.619. The van der Waals surface area contributed by atoms with Crippen molar-refractivity contribution in [3.05, 3.63) is 65.5 Å². The van der Waals surface area contributed by atoms with Gasteiger partial charge in [0.2, 0.25) is 5.91 Å². The maximum atomic E-state index is 12.7. The van der Waals surface area contributed by atoms with Crippen LogP contribution in [0, 0.1) is 6.92 Å². The van der Waals surface area contributed by atoms with E-state index in [9.17, 15) is 18.0 Å². The first-order valence-electron chi connectivity index (χ1n) is 11.1. The molecule has 2 aromatic carbocycles. The predicted molar refractivity (Wildman–Crippen MR) is 134 cm³/mol. The number of esters is 1. The lowest BCUT2D eigenvalue weighted by atomic mass is 10.2. The maximum Gasteiger partial charge on any atom is 0.338 e. The number of benzene rings is 2. The molecule has 0 fully saturated rings. The summed E-state index contributed by atoms with van der Waals surface area (Å²) in [6, 6.07) is 13.1. The minimum Gasteiger partial charge on any atom is -0.462 e. The number of aromatic nitrogens is 3. The fourth-order valence-corrected chi connectivity index (χ4v) is 5.04. The molecule has 3 aromatic rings. The van der Waals surface area contributed by atoms with E-state index in [1.54, 1.807) is 60.1 Å². The van der Waals surface area contributed by atoms with E-state index in [2.05, 4.69) is 15.5 Å². The van der Waals surface area contributed by atoms with Crippen LogP contribution < -0.4 is 5.32 Å². The molecule has 0 saturated carbocycles. The summed E-state index contributed by atoms with van der Waals surface area (Å²) in [6.07, 6.45) is 1.76. The molecule has 9 nitrogen and oxygen atoms in total. The van der Waals surface area contributed by atoms with E-state index in [1.807, 2.05) is 13.8 Å². The fraction of sp³-hybridized carbons (Fsp3) is 0.333. The van der Waals surface area contributed by atoms with Crippen LogP contribution in [-0.4, -0.2) is 47.4 Å². The topological polar surface area (TPSA) is 120 Å². The zero-order valence-corrected chi connectivity index (χ0v) is 21.5. The van der Waals surface area contributed by atoms with Gasteiger partial charge in [0, 0.05) is 12.7 Å². The molecule has 0 unspecified atom stereocenters. The summed E-state index contributed by atoms with van der Waals surface area (Å²) in [7, 11) is -1.91. The quantitative estimate of drug-likeness (QED) is 0.232. The average molecular weight is 517 g/mol. The van der Waals surface area contributed by atoms with Crippen molar-refractivity contribution in [2.24, 2.45) is 7.05 Å². The number of thioether (sulfide) groups is 1. The highest BCUT2D eigenvalue weighted by atomic mass is 32.2. The van der Waals surface area contributed by atoms with E-state index in [0.29, 0.717) is 23.0 Å². The number of unbranched alkanes of at least 4 members (excludes halogenated alkanes) is 1. The molecule has 0 spiro atoms. The predicted octanol–water partition coefficient (Wildman–Crippen LogP) is 3.79. The summed E-state index contributed by atoms with van der Waals surface area (Å²) >= 11 is 1.15. The summed E-state index contributed by atoms with van der Waals surface area (Å²) in [5, 5.41) is 11.2. The lowest BCUT2D eigenvalue weighted by Crippen LogP contribution is -2.15. The number of aryl methyl sites for hydroxylation is 1. The Labute approximate surface area is 209 Å². The number of amides is 1. The second-order valence-corrected chi connectivity index (χ2v) is 10.9. The third-order valence-corrected chi connectivity index (χ3v) is 7.74. The van der Waals surface area contributed by atoms with E-state index in [1.165, 1.54) is 0 Å². The molecule has 1 aromatic heterocycles. The van der Waals surface area contributed by atoms with Crippen LogP contribution in [-0.2, 0) is 32.2 Å².